The molecule has 4 N–H and O–H groups in total. The first-order chi connectivity index (χ1) is 9.49. The van der Waals surface area contributed by atoms with Crippen LogP contribution in [0.25, 0.3) is 0 Å². The van der Waals surface area contributed by atoms with E-state index in [4.69, 9.17) is 0 Å². The molecule has 20 heavy (non-hydrogen) atoms. The highest BCUT2D eigenvalue weighted by Crippen LogP contribution is 2.32. The van der Waals surface area contributed by atoms with E-state index < -0.39 is 12.0 Å². The van der Waals surface area contributed by atoms with Gasteiger partial charge in [-0.1, -0.05) is 0 Å². The molecule has 0 radical (unpaired) electrons. The van der Waals surface area contributed by atoms with Gasteiger partial charge in [-0.2, -0.15) is 5.10 Å². The van der Waals surface area contributed by atoms with E-state index in [1.54, 1.807) is 19.2 Å². The number of carboxylic acid groups (broad SMARTS) is 1. The minimum Gasteiger partial charge on any atom is -0.478 e. The molecule has 0 bridgehead atoms. The Kier molecular flexibility index (Phi) is 4.04. The van der Waals surface area contributed by atoms with Crippen molar-refractivity contribution in [3.8, 4) is 0 Å². The molecule has 0 aromatic carbocycles. The van der Waals surface area contributed by atoms with Gasteiger partial charge in [-0.3, -0.25) is 10.4 Å². The number of anilines is 1. The zero-order valence-electron chi connectivity index (χ0n) is 11.0. The fourth-order valence-electron chi connectivity index (χ4n) is 1.68. The van der Waals surface area contributed by atoms with Gasteiger partial charge in [0, 0.05) is 11.1 Å². The summed E-state index contributed by atoms with van der Waals surface area (Å²) >= 11 is 1.25. The normalized spacial score (nSPS) is 10.3. The van der Waals surface area contributed by atoms with Gasteiger partial charge in [-0.05, 0) is 25.5 Å². The van der Waals surface area contributed by atoms with Crippen molar-refractivity contribution in [1.29, 1.82) is 0 Å². The van der Waals surface area contributed by atoms with Crippen molar-refractivity contribution in [1.82, 2.24) is 15.5 Å². The molecule has 2 aromatic rings. The van der Waals surface area contributed by atoms with Crippen molar-refractivity contribution in [3.63, 3.8) is 0 Å². The van der Waals surface area contributed by atoms with Gasteiger partial charge in [0.25, 0.3) is 0 Å². The third kappa shape index (κ3) is 2.97. The molecule has 0 saturated carbocycles. The maximum absolute atomic E-state index is 11.8. The summed E-state index contributed by atoms with van der Waals surface area (Å²) in [7, 11) is 0. The quantitative estimate of drug-likeness (QED) is 0.692. The van der Waals surface area contributed by atoms with Crippen LogP contribution in [0, 0.1) is 13.8 Å². The van der Waals surface area contributed by atoms with Crippen molar-refractivity contribution in [2.45, 2.75) is 20.4 Å². The fourth-order valence-corrected chi connectivity index (χ4v) is 2.73. The fraction of sp³-hybridized carbons (Fsp3) is 0.250. The Morgan fingerprint density at radius 1 is 1.45 bits per heavy atom. The van der Waals surface area contributed by atoms with E-state index in [0.29, 0.717) is 10.6 Å². The predicted molar refractivity (Wildman–Crippen MR) is 75.2 cm³/mol. The Bertz CT molecular complexity index is 633. The Labute approximate surface area is 119 Å². The molecule has 0 spiro atoms. The highest BCUT2D eigenvalue weighted by molar-refractivity contribution is 7.16. The number of H-pyrrole nitrogens is 1. The molecule has 2 rings (SSSR count). The summed E-state index contributed by atoms with van der Waals surface area (Å²) in [5.74, 6) is -1.05. The van der Waals surface area contributed by atoms with Gasteiger partial charge in [0.1, 0.15) is 5.00 Å². The first-order valence-electron chi connectivity index (χ1n) is 5.85. The molecule has 0 aliphatic rings. The van der Waals surface area contributed by atoms with Crippen LogP contribution in [-0.2, 0) is 6.54 Å². The summed E-state index contributed by atoms with van der Waals surface area (Å²) in [6.45, 7) is 3.83. The molecule has 8 heteroatoms. The number of aromatic nitrogens is 2. The number of hydrogen-bond acceptors (Lipinski definition) is 4. The molecule has 0 unspecified atom stereocenters. The van der Waals surface area contributed by atoms with E-state index in [-0.39, 0.29) is 12.1 Å². The average Bonchev–Trinajstić information content (AvgIpc) is 2.96. The lowest BCUT2D eigenvalue weighted by Crippen LogP contribution is -2.28. The van der Waals surface area contributed by atoms with Crippen LogP contribution in [0.1, 0.15) is 26.5 Å². The van der Waals surface area contributed by atoms with E-state index in [2.05, 4.69) is 20.8 Å². The molecule has 2 heterocycles. The number of nitrogens with one attached hydrogen (secondary N) is 3. The summed E-state index contributed by atoms with van der Waals surface area (Å²) in [6.07, 6.45) is 1.59. The Morgan fingerprint density at radius 3 is 2.80 bits per heavy atom. The van der Waals surface area contributed by atoms with Crippen LogP contribution in [0.3, 0.4) is 0 Å². The molecule has 0 saturated heterocycles. The SMILES string of the molecule is Cc1sc(NC(=O)NCc2ccn[nH]2)c(C(=O)O)c1C. The standard InChI is InChI=1S/C12H14N4O3S/c1-6-7(2)20-10(9(6)11(17)18)15-12(19)13-5-8-3-4-14-16-8/h3-4H,5H2,1-2H3,(H,14,16)(H,17,18)(H2,13,15,19). The van der Waals surface area contributed by atoms with Crippen molar-refractivity contribution >= 4 is 28.3 Å². The van der Waals surface area contributed by atoms with Crippen LogP contribution < -0.4 is 10.6 Å². The topological polar surface area (TPSA) is 107 Å². The van der Waals surface area contributed by atoms with E-state index in [1.165, 1.54) is 11.3 Å². The van der Waals surface area contributed by atoms with Crippen LogP contribution in [0.2, 0.25) is 0 Å². The highest BCUT2D eigenvalue weighted by Gasteiger charge is 2.20. The number of carbonyl (C=O) groups is 2. The molecule has 2 amide bonds. The third-order valence-electron chi connectivity index (χ3n) is 2.82. The van der Waals surface area contributed by atoms with Crippen LogP contribution >= 0.6 is 11.3 Å². The Morgan fingerprint density at radius 2 is 2.20 bits per heavy atom. The van der Waals surface area contributed by atoms with Gasteiger partial charge in [-0.25, -0.2) is 9.59 Å². The van der Waals surface area contributed by atoms with Crippen LogP contribution in [0.4, 0.5) is 9.80 Å². The number of aryl methyl sites for hydroxylation is 1. The smallest absolute Gasteiger partial charge is 0.338 e. The van der Waals surface area contributed by atoms with E-state index in [1.807, 2.05) is 6.92 Å². The summed E-state index contributed by atoms with van der Waals surface area (Å²) in [5, 5.41) is 21.2. The van der Waals surface area contributed by atoms with Gasteiger partial charge in [0.2, 0.25) is 0 Å². The predicted octanol–water partition coefficient (Wildman–Crippen LogP) is 2.11. The summed E-state index contributed by atoms with van der Waals surface area (Å²) in [5.41, 5.74) is 1.58. The number of carboxylic acids is 1. The molecule has 0 atom stereocenters. The molecular weight excluding hydrogens is 280 g/mol. The molecule has 2 aromatic heterocycles. The maximum atomic E-state index is 11.8. The van der Waals surface area contributed by atoms with Crippen LogP contribution in [0.15, 0.2) is 12.3 Å². The second-order valence-corrected chi connectivity index (χ2v) is 5.41. The van der Waals surface area contributed by atoms with Crippen molar-refractivity contribution in [2.24, 2.45) is 0 Å². The lowest BCUT2D eigenvalue weighted by molar-refractivity contribution is 0.0697. The van der Waals surface area contributed by atoms with Gasteiger partial charge in [-0.15, -0.1) is 11.3 Å². The highest BCUT2D eigenvalue weighted by atomic mass is 32.1. The van der Waals surface area contributed by atoms with Crippen molar-refractivity contribution < 1.29 is 14.7 Å². The van der Waals surface area contributed by atoms with Crippen molar-refractivity contribution in [2.75, 3.05) is 5.32 Å². The van der Waals surface area contributed by atoms with Gasteiger partial charge in [0.15, 0.2) is 0 Å². The van der Waals surface area contributed by atoms with Crippen LogP contribution in [-0.4, -0.2) is 27.3 Å². The minimum absolute atomic E-state index is 0.143. The molecule has 0 fully saturated rings. The van der Waals surface area contributed by atoms with Crippen molar-refractivity contribution in [3.05, 3.63) is 34.0 Å². The number of aromatic carboxylic acids is 1. The first-order valence-corrected chi connectivity index (χ1v) is 6.67. The molecule has 7 nitrogen and oxygen atoms in total. The number of urea groups is 1. The average molecular weight is 294 g/mol. The van der Waals surface area contributed by atoms with Gasteiger partial charge < -0.3 is 10.4 Å². The second kappa shape index (κ2) is 5.74. The summed E-state index contributed by atoms with van der Waals surface area (Å²) < 4.78 is 0. The largest absolute Gasteiger partial charge is 0.478 e. The molecule has 0 aliphatic heterocycles. The second-order valence-electron chi connectivity index (χ2n) is 4.18. The maximum Gasteiger partial charge on any atom is 0.338 e. The number of thiophene rings is 1. The Balaban J connectivity index is 2.04. The van der Waals surface area contributed by atoms with Gasteiger partial charge in [0.05, 0.1) is 17.8 Å². The number of rotatable bonds is 4. The molecule has 106 valence electrons. The third-order valence-corrected chi connectivity index (χ3v) is 3.95. The number of nitrogens with zero attached hydrogens (tertiary/aromatic N) is 1. The zero-order chi connectivity index (χ0) is 14.7. The first kappa shape index (κ1) is 14.1. The van der Waals surface area contributed by atoms with E-state index in [0.717, 1.165) is 10.6 Å². The lowest BCUT2D eigenvalue weighted by atomic mass is 10.1. The number of amides is 2. The monoisotopic (exact) mass is 294 g/mol. The lowest BCUT2D eigenvalue weighted by Gasteiger charge is -2.06. The number of aromatic amines is 1. The minimum atomic E-state index is -1.05. The number of carbonyl (C=O) groups excluding carboxylic acids is 1. The molecular formula is C12H14N4O3S. The van der Waals surface area contributed by atoms with Crippen LogP contribution in [0.5, 0.6) is 0 Å². The summed E-state index contributed by atoms with van der Waals surface area (Å²) in [4.78, 5) is 23.8. The number of hydrogen-bond donors (Lipinski definition) is 4. The summed E-state index contributed by atoms with van der Waals surface area (Å²) in [6, 6.07) is 1.28. The van der Waals surface area contributed by atoms with Gasteiger partial charge >= 0.3 is 12.0 Å². The molecule has 0 aliphatic carbocycles. The van der Waals surface area contributed by atoms with E-state index >= 15 is 0 Å². The Hall–Kier alpha value is -2.35. The van der Waals surface area contributed by atoms with E-state index in [9.17, 15) is 14.7 Å². The zero-order valence-corrected chi connectivity index (χ0v) is 11.8.